The van der Waals surface area contributed by atoms with E-state index in [9.17, 15) is 10.2 Å². The minimum absolute atomic E-state index is 0.0162. The SMILES string of the molecule is Cc1cc(CO)cc(C(C)(C)C(C)C)c1O. The molecule has 0 unspecified atom stereocenters. The van der Waals surface area contributed by atoms with Crippen molar-refractivity contribution in [1.29, 1.82) is 0 Å². The number of aliphatic hydroxyl groups is 1. The molecule has 0 aliphatic carbocycles. The summed E-state index contributed by atoms with van der Waals surface area (Å²) >= 11 is 0. The van der Waals surface area contributed by atoms with Gasteiger partial charge in [-0.05, 0) is 35.4 Å². The molecule has 0 fully saturated rings. The van der Waals surface area contributed by atoms with Crippen molar-refractivity contribution in [2.24, 2.45) is 5.92 Å². The van der Waals surface area contributed by atoms with Crippen molar-refractivity contribution in [3.8, 4) is 5.75 Å². The summed E-state index contributed by atoms with van der Waals surface area (Å²) < 4.78 is 0. The topological polar surface area (TPSA) is 40.5 Å². The summed E-state index contributed by atoms with van der Waals surface area (Å²) in [6, 6.07) is 3.73. The highest BCUT2D eigenvalue weighted by atomic mass is 16.3. The fourth-order valence-corrected chi connectivity index (χ4v) is 1.75. The van der Waals surface area contributed by atoms with Gasteiger partial charge in [0.05, 0.1) is 6.61 Å². The van der Waals surface area contributed by atoms with E-state index in [2.05, 4.69) is 27.7 Å². The van der Waals surface area contributed by atoms with Gasteiger partial charge in [0, 0.05) is 5.56 Å². The number of phenols is 1. The molecule has 0 amide bonds. The van der Waals surface area contributed by atoms with E-state index in [1.54, 1.807) is 0 Å². The number of aromatic hydroxyl groups is 1. The average molecular weight is 222 g/mol. The van der Waals surface area contributed by atoms with E-state index in [4.69, 9.17) is 0 Å². The molecule has 0 saturated carbocycles. The Morgan fingerprint density at radius 3 is 2.25 bits per heavy atom. The molecule has 0 radical (unpaired) electrons. The maximum absolute atomic E-state index is 10.1. The number of phenolic OH excluding ortho intramolecular Hbond substituents is 1. The number of hydrogen-bond acceptors (Lipinski definition) is 2. The first-order chi connectivity index (χ1) is 7.30. The molecule has 1 rings (SSSR count). The number of benzene rings is 1. The summed E-state index contributed by atoms with van der Waals surface area (Å²) in [7, 11) is 0. The molecule has 0 heterocycles. The monoisotopic (exact) mass is 222 g/mol. The van der Waals surface area contributed by atoms with Gasteiger partial charge in [-0.1, -0.05) is 33.8 Å². The normalized spacial score (nSPS) is 12.2. The number of hydrogen-bond donors (Lipinski definition) is 2. The van der Waals surface area contributed by atoms with Crippen LogP contribution in [0.1, 0.15) is 44.4 Å². The molecule has 0 spiro atoms. The fraction of sp³-hybridized carbons (Fsp3) is 0.571. The summed E-state index contributed by atoms with van der Waals surface area (Å²) in [5.74, 6) is 0.780. The molecule has 0 atom stereocenters. The van der Waals surface area contributed by atoms with E-state index in [1.165, 1.54) is 0 Å². The molecule has 2 N–H and O–H groups in total. The summed E-state index contributed by atoms with van der Waals surface area (Å²) in [4.78, 5) is 0. The third-order valence-corrected chi connectivity index (χ3v) is 3.68. The van der Waals surface area contributed by atoms with Gasteiger partial charge in [-0.15, -0.1) is 0 Å². The van der Waals surface area contributed by atoms with Gasteiger partial charge in [-0.2, -0.15) is 0 Å². The number of aryl methyl sites for hydroxylation is 1. The predicted molar refractivity (Wildman–Crippen MR) is 66.6 cm³/mol. The van der Waals surface area contributed by atoms with Crippen LogP contribution in [0.15, 0.2) is 12.1 Å². The van der Waals surface area contributed by atoms with Crippen molar-refractivity contribution in [3.05, 3.63) is 28.8 Å². The van der Waals surface area contributed by atoms with Gasteiger partial charge >= 0.3 is 0 Å². The predicted octanol–water partition coefficient (Wildman–Crippen LogP) is 3.13. The molecule has 1 aromatic rings. The maximum atomic E-state index is 10.1. The van der Waals surface area contributed by atoms with Crippen LogP contribution >= 0.6 is 0 Å². The number of rotatable bonds is 3. The van der Waals surface area contributed by atoms with E-state index in [1.807, 2.05) is 19.1 Å². The molecule has 2 heteroatoms. The highest BCUT2D eigenvalue weighted by Crippen LogP contribution is 2.39. The van der Waals surface area contributed by atoms with Gasteiger partial charge < -0.3 is 10.2 Å². The van der Waals surface area contributed by atoms with Crippen LogP contribution in [0.25, 0.3) is 0 Å². The standard InChI is InChI=1S/C14H22O2/c1-9(2)14(4,5)12-7-11(8-15)6-10(3)13(12)16/h6-7,9,15-16H,8H2,1-5H3. The fourth-order valence-electron chi connectivity index (χ4n) is 1.75. The summed E-state index contributed by atoms with van der Waals surface area (Å²) in [5, 5.41) is 19.3. The van der Waals surface area contributed by atoms with E-state index >= 15 is 0 Å². The first-order valence-electron chi connectivity index (χ1n) is 5.74. The quantitative estimate of drug-likeness (QED) is 0.825. The molecule has 0 aliphatic rings. The lowest BCUT2D eigenvalue weighted by Crippen LogP contribution is -2.25. The van der Waals surface area contributed by atoms with Crippen LogP contribution in [-0.2, 0) is 12.0 Å². The van der Waals surface area contributed by atoms with Crippen LogP contribution in [0.5, 0.6) is 5.75 Å². The summed E-state index contributed by atoms with van der Waals surface area (Å²) in [6.45, 7) is 10.4. The van der Waals surface area contributed by atoms with Gasteiger partial charge in [-0.3, -0.25) is 0 Å². The third-order valence-electron chi connectivity index (χ3n) is 3.68. The minimum atomic E-state index is -0.0972. The van der Waals surface area contributed by atoms with Crippen molar-refractivity contribution in [3.63, 3.8) is 0 Å². The van der Waals surface area contributed by atoms with Crippen LogP contribution in [0, 0.1) is 12.8 Å². The highest BCUT2D eigenvalue weighted by molar-refractivity contribution is 5.46. The Kier molecular flexibility index (Phi) is 3.64. The Morgan fingerprint density at radius 2 is 1.81 bits per heavy atom. The van der Waals surface area contributed by atoms with E-state index in [0.29, 0.717) is 11.7 Å². The first kappa shape index (κ1) is 13.0. The Balaban J connectivity index is 3.37. The molecule has 16 heavy (non-hydrogen) atoms. The van der Waals surface area contributed by atoms with E-state index < -0.39 is 0 Å². The Hall–Kier alpha value is -1.02. The van der Waals surface area contributed by atoms with Gasteiger partial charge in [0.15, 0.2) is 0 Å². The molecular weight excluding hydrogens is 200 g/mol. The smallest absolute Gasteiger partial charge is 0.122 e. The van der Waals surface area contributed by atoms with E-state index in [0.717, 1.165) is 16.7 Å². The minimum Gasteiger partial charge on any atom is -0.507 e. The zero-order valence-corrected chi connectivity index (χ0v) is 10.8. The van der Waals surface area contributed by atoms with Crippen LogP contribution in [-0.4, -0.2) is 10.2 Å². The van der Waals surface area contributed by atoms with Gasteiger partial charge in [0.2, 0.25) is 0 Å². The Morgan fingerprint density at radius 1 is 1.25 bits per heavy atom. The number of aliphatic hydroxyl groups excluding tert-OH is 1. The lowest BCUT2D eigenvalue weighted by atomic mass is 9.74. The van der Waals surface area contributed by atoms with Crippen molar-refractivity contribution in [1.82, 2.24) is 0 Å². The van der Waals surface area contributed by atoms with E-state index in [-0.39, 0.29) is 12.0 Å². The molecule has 0 bridgehead atoms. The Bertz CT molecular complexity index is 379. The zero-order chi connectivity index (χ0) is 12.5. The summed E-state index contributed by atoms with van der Waals surface area (Å²) in [6.07, 6.45) is 0. The van der Waals surface area contributed by atoms with Gasteiger partial charge in [0.25, 0.3) is 0 Å². The largest absolute Gasteiger partial charge is 0.507 e. The molecule has 90 valence electrons. The average Bonchev–Trinajstić information content (AvgIpc) is 2.21. The lowest BCUT2D eigenvalue weighted by molar-refractivity contribution is 0.280. The van der Waals surface area contributed by atoms with Crippen molar-refractivity contribution < 1.29 is 10.2 Å². The van der Waals surface area contributed by atoms with Crippen molar-refractivity contribution >= 4 is 0 Å². The molecule has 1 aromatic carbocycles. The van der Waals surface area contributed by atoms with Crippen molar-refractivity contribution in [2.45, 2.75) is 46.6 Å². The van der Waals surface area contributed by atoms with Crippen LogP contribution in [0.4, 0.5) is 0 Å². The van der Waals surface area contributed by atoms with Gasteiger partial charge in [-0.25, -0.2) is 0 Å². The molecule has 2 nitrogen and oxygen atoms in total. The van der Waals surface area contributed by atoms with Crippen LogP contribution < -0.4 is 0 Å². The second-order valence-electron chi connectivity index (χ2n) is 5.34. The Labute approximate surface area is 97.9 Å². The second-order valence-corrected chi connectivity index (χ2v) is 5.34. The molecule has 0 aromatic heterocycles. The van der Waals surface area contributed by atoms with Crippen LogP contribution in [0.2, 0.25) is 0 Å². The zero-order valence-electron chi connectivity index (χ0n) is 10.8. The molecule has 0 saturated heterocycles. The maximum Gasteiger partial charge on any atom is 0.122 e. The van der Waals surface area contributed by atoms with Crippen LogP contribution in [0.3, 0.4) is 0 Å². The van der Waals surface area contributed by atoms with Gasteiger partial charge in [0.1, 0.15) is 5.75 Å². The first-order valence-corrected chi connectivity index (χ1v) is 5.74. The molecule has 0 aliphatic heterocycles. The van der Waals surface area contributed by atoms with Crippen molar-refractivity contribution in [2.75, 3.05) is 0 Å². The summed E-state index contributed by atoms with van der Waals surface area (Å²) in [5.41, 5.74) is 2.51. The second kappa shape index (κ2) is 4.46. The third kappa shape index (κ3) is 2.22. The lowest BCUT2D eigenvalue weighted by Gasteiger charge is -2.31. The molecular formula is C14H22O2. The highest BCUT2D eigenvalue weighted by Gasteiger charge is 2.28.